The Labute approximate surface area is 177 Å². The van der Waals surface area contributed by atoms with E-state index in [0.717, 1.165) is 5.56 Å². The van der Waals surface area contributed by atoms with Crippen molar-refractivity contribution in [3.05, 3.63) is 93.1 Å². The molecule has 4 rings (SSSR count). The molecule has 0 aliphatic heterocycles. The molecule has 6 heteroatoms. The Hall–Kier alpha value is -3.57. The number of hydrogen-bond donors (Lipinski definition) is 0. The molecular formula is C24H17ClO5. The summed E-state index contributed by atoms with van der Waals surface area (Å²) in [5, 5.41) is 0.684. The number of hydrogen-bond acceptors (Lipinski definition) is 5. The highest BCUT2D eigenvalue weighted by Gasteiger charge is 2.22. The van der Waals surface area contributed by atoms with Crippen molar-refractivity contribution < 1.29 is 18.7 Å². The number of carbonyl (C=O) groups excluding carboxylic acids is 1. The number of ether oxygens (including phenoxy) is 2. The minimum Gasteiger partial charge on any atom is -0.497 e. The molecule has 0 saturated heterocycles. The van der Waals surface area contributed by atoms with Gasteiger partial charge in [0.2, 0.25) is 11.2 Å². The molecule has 1 aromatic heterocycles. The molecule has 30 heavy (non-hydrogen) atoms. The Morgan fingerprint density at radius 2 is 1.73 bits per heavy atom. The molecule has 0 N–H and O–H groups in total. The molecule has 3 aromatic carbocycles. The Bertz CT molecular complexity index is 1310. The minimum absolute atomic E-state index is 0.102. The minimum atomic E-state index is -0.690. The van der Waals surface area contributed by atoms with Crippen LogP contribution in [-0.4, -0.2) is 13.1 Å². The molecule has 0 spiro atoms. The van der Waals surface area contributed by atoms with E-state index >= 15 is 0 Å². The summed E-state index contributed by atoms with van der Waals surface area (Å²) in [6, 6.07) is 18.5. The number of carbonyl (C=O) groups is 1. The van der Waals surface area contributed by atoms with Crippen molar-refractivity contribution in [2.45, 2.75) is 6.92 Å². The number of halogens is 1. The summed E-state index contributed by atoms with van der Waals surface area (Å²) in [4.78, 5) is 26.0. The van der Waals surface area contributed by atoms with Crippen molar-refractivity contribution in [1.82, 2.24) is 0 Å². The van der Waals surface area contributed by atoms with Gasteiger partial charge in [0.05, 0.1) is 23.1 Å². The van der Waals surface area contributed by atoms with E-state index in [-0.39, 0.29) is 17.1 Å². The summed E-state index contributed by atoms with van der Waals surface area (Å²) in [5.74, 6) is -0.195. The zero-order valence-electron chi connectivity index (χ0n) is 16.3. The van der Waals surface area contributed by atoms with Crippen molar-refractivity contribution in [3.63, 3.8) is 0 Å². The van der Waals surface area contributed by atoms with E-state index in [1.807, 2.05) is 6.92 Å². The van der Waals surface area contributed by atoms with Gasteiger partial charge in [0.1, 0.15) is 11.3 Å². The molecule has 0 unspecified atom stereocenters. The lowest BCUT2D eigenvalue weighted by atomic mass is 10.1. The van der Waals surface area contributed by atoms with E-state index in [2.05, 4.69) is 0 Å². The summed E-state index contributed by atoms with van der Waals surface area (Å²) in [7, 11) is 1.53. The van der Waals surface area contributed by atoms with E-state index in [4.69, 9.17) is 25.5 Å². The van der Waals surface area contributed by atoms with Crippen LogP contribution >= 0.6 is 11.6 Å². The van der Waals surface area contributed by atoms with Gasteiger partial charge in [0.15, 0.2) is 5.76 Å². The Morgan fingerprint density at radius 1 is 1.00 bits per heavy atom. The molecule has 0 saturated carbocycles. The second-order valence-electron chi connectivity index (χ2n) is 6.69. The third kappa shape index (κ3) is 3.67. The van der Waals surface area contributed by atoms with E-state index in [0.29, 0.717) is 27.3 Å². The Kier molecular flexibility index (Phi) is 5.29. The van der Waals surface area contributed by atoms with E-state index in [9.17, 15) is 9.59 Å². The first-order chi connectivity index (χ1) is 14.5. The van der Waals surface area contributed by atoms with Crippen LogP contribution in [0.25, 0.3) is 22.3 Å². The average molecular weight is 421 g/mol. The standard InChI is InChI=1S/C24H17ClO5/c1-14-7-12-18-20(13-14)29-22(17-5-3-4-6-19(17)25)23(21(18)26)30-24(27)15-8-10-16(28-2)11-9-15/h3-13H,1-2H3. The fraction of sp³-hybridized carbons (Fsp3) is 0.0833. The highest BCUT2D eigenvalue weighted by Crippen LogP contribution is 2.35. The molecule has 0 fully saturated rings. The number of rotatable bonds is 4. The number of esters is 1. The molecule has 4 aromatic rings. The molecule has 0 aliphatic carbocycles. The fourth-order valence-corrected chi connectivity index (χ4v) is 3.30. The van der Waals surface area contributed by atoms with Gasteiger partial charge in [-0.05, 0) is 61.0 Å². The molecular weight excluding hydrogens is 404 g/mol. The highest BCUT2D eigenvalue weighted by molar-refractivity contribution is 6.33. The van der Waals surface area contributed by atoms with E-state index in [1.54, 1.807) is 66.7 Å². The van der Waals surface area contributed by atoms with E-state index < -0.39 is 11.4 Å². The molecule has 0 atom stereocenters. The van der Waals surface area contributed by atoms with Gasteiger partial charge in [-0.3, -0.25) is 4.79 Å². The van der Waals surface area contributed by atoms with Crippen LogP contribution in [0.1, 0.15) is 15.9 Å². The van der Waals surface area contributed by atoms with Crippen LogP contribution < -0.4 is 14.9 Å². The molecule has 1 heterocycles. The smallest absolute Gasteiger partial charge is 0.343 e. The maximum atomic E-state index is 13.2. The van der Waals surface area contributed by atoms with Crippen LogP contribution in [0.5, 0.6) is 11.5 Å². The van der Waals surface area contributed by atoms with Crippen molar-refractivity contribution >= 4 is 28.5 Å². The maximum Gasteiger partial charge on any atom is 0.343 e. The van der Waals surface area contributed by atoms with Gasteiger partial charge in [-0.15, -0.1) is 0 Å². The van der Waals surface area contributed by atoms with Gasteiger partial charge >= 0.3 is 5.97 Å². The number of methoxy groups -OCH3 is 1. The van der Waals surface area contributed by atoms with Crippen molar-refractivity contribution in [2.75, 3.05) is 7.11 Å². The second-order valence-corrected chi connectivity index (χ2v) is 7.09. The first kappa shape index (κ1) is 19.7. The monoisotopic (exact) mass is 420 g/mol. The van der Waals surface area contributed by atoms with Crippen molar-refractivity contribution in [2.24, 2.45) is 0 Å². The molecule has 150 valence electrons. The molecule has 0 radical (unpaired) electrons. The second kappa shape index (κ2) is 8.05. The van der Waals surface area contributed by atoms with Gasteiger partial charge in [-0.1, -0.05) is 29.8 Å². The van der Waals surface area contributed by atoms with Crippen LogP contribution in [0, 0.1) is 6.92 Å². The van der Waals surface area contributed by atoms with Gasteiger partial charge in [0.25, 0.3) is 0 Å². The van der Waals surface area contributed by atoms with Crippen LogP contribution in [-0.2, 0) is 0 Å². The summed E-state index contributed by atoms with van der Waals surface area (Å²) >= 11 is 6.34. The number of fused-ring (bicyclic) bond motifs is 1. The highest BCUT2D eigenvalue weighted by atomic mass is 35.5. The normalized spacial score (nSPS) is 10.8. The molecule has 0 bridgehead atoms. The Balaban J connectivity index is 1.88. The first-order valence-corrected chi connectivity index (χ1v) is 9.54. The average Bonchev–Trinajstić information content (AvgIpc) is 2.76. The van der Waals surface area contributed by atoms with Gasteiger partial charge in [-0.2, -0.15) is 0 Å². The quantitative estimate of drug-likeness (QED) is 0.399. The summed E-state index contributed by atoms with van der Waals surface area (Å²) in [6.07, 6.45) is 0. The molecule has 0 amide bonds. The van der Waals surface area contributed by atoms with Gasteiger partial charge in [0, 0.05) is 5.56 Å². The summed E-state index contributed by atoms with van der Waals surface area (Å²) < 4.78 is 16.7. The third-order valence-corrected chi connectivity index (χ3v) is 4.97. The summed E-state index contributed by atoms with van der Waals surface area (Å²) in [5.41, 5.74) is 1.59. The topological polar surface area (TPSA) is 65.7 Å². The van der Waals surface area contributed by atoms with Crippen LogP contribution in [0.2, 0.25) is 5.02 Å². The van der Waals surface area contributed by atoms with Crippen molar-refractivity contribution in [3.8, 4) is 22.8 Å². The first-order valence-electron chi connectivity index (χ1n) is 9.16. The van der Waals surface area contributed by atoms with Crippen LogP contribution in [0.15, 0.2) is 75.9 Å². The largest absolute Gasteiger partial charge is 0.497 e. The summed E-state index contributed by atoms with van der Waals surface area (Å²) in [6.45, 7) is 1.90. The number of benzene rings is 3. The molecule has 0 aliphatic rings. The van der Waals surface area contributed by atoms with Crippen LogP contribution in [0.3, 0.4) is 0 Å². The Morgan fingerprint density at radius 3 is 2.43 bits per heavy atom. The van der Waals surface area contributed by atoms with E-state index in [1.165, 1.54) is 7.11 Å². The van der Waals surface area contributed by atoms with Crippen LogP contribution in [0.4, 0.5) is 0 Å². The van der Waals surface area contributed by atoms with Gasteiger partial charge < -0.3 is 13.9 Å². The predicted octanol–water partition coefficient (Wildman–Crippen LogP) is 5.65. The third-order valence-electron chi connectivity index (χ3n) is 4.65. The molecule has 5 nitrogen and oxygen atoms in total. The van der Waals surface area contributed by atoms with Crippen molar-refractivity contribution in [1.29, 1.82) is 0 Å². The lowest BCUT2D eigenvalue weighted by molar-refractivity contribution is 0.0731. The number of aryl methyl sites for hydroxylation is 1. The lowest BCUT2D eigenvalue weighted by Crippen LogP contribution is -2.16. The van der Waals surface area contributed by atoms with Gasteiger partial charge in [-0.25, -0.2) is 4.79 Å². The zero-order valence-corrected chi connectivity index (χ0v) is 17.0. The zero-order chi connectivity index (χ0) is 21.3. The predicted molar refractivity (Wildman–Crippen MR) is 116 cm³/mol. The SMILES string of the molecule is COc1ccc(C(=O)Oc2c(-c3ccccc3Cl)oc3cc(C)ccc3c2=O)cc1. The lowest BCUT2D eigenvalue weighted by Gasteiger charge is -2.12. The maximum absolute atomic E-state index is 13.2. The fourth-order valence-electron chi connectivity index (χ4n) is 3.08.